The minimum absolute atomic E-state index is 0.0900. The zero-order valence-electron chi connectivity index (χ0n) is 16.7. The number of carbonyl (C=O) groups is 1. The molecule has 0 amide bonds. The molecule has 1 aliphatic rings. The number of halogens is 1. The van der Waals surface area contributed by atoms with Crippen molar-refractivity contribution in [1.29, 1.82) is 0 Å². The average Bonchev–Trinajstić information content (AvgIpc) is 3.02. The second kappa shape index (κ2) is 8.29. The maximum Gasteiger partial charge on any atom is 0.345 e. The maximum absolute atomic E-state index is 12.4. The van der Waals surface area contributed by atoms with Gasteiger partial charge in [0.1, 0.15) is 4.86 Å². The lowest BCUT2D eigenvalue weighted by Crippen LogP contribution is -2.27. The van der Waals surface area contributed by atoms with Crippen molar-refractivity contribution in [2.75, 3.05) is 6.61 Å². The standard InChI is InChI=1S/C24H24ClNO2S/c1-3-28-24(27)23(29)19-6-4-5-18-20-13-15(2)7-12-21(20)26(22(18)19)14-16-8-10-17(25)11-9-16/h7-13,19H,3-6,14H2,1-2H3. The number of aromatic nitrogens is 1. The molecule has 5 heteroatoms. The molecule has 0 radical (unpaired) electrons. The summed E-state index contributed by atoms with van der Waals surface area (Å²) >= 11 is 11.7. The Morgan fingerprint density at radius 2 is 2.00 bits per heavy atom. The molecule has 3 aromatic rings. The number of ether oxygens (including phenoxy) is 1. The fraction of sp³-hybridized carbons (Fsp3) is 0.333. The SMILES string of the molecule is CCOC(=O)C(=S)C1CCCc2c1n(Cc1ccc(Cl)cc1)c1ccc(C)cc21. The quantitative estimate of drug-likeness (QED) is 0.371. The maximum atomic E-state index is 12.4. The Morgan fingerprint density at radius 1 is 1.24 bits per heavy atom. The van der Waals surface area contributed by atoms with Crippen LogP contribution in [0.15, 0.2) is 42.5 Å². The van der Waals surface area contributed by atoms with Crippen LogP contribution in [0.1, 0.15) is 48.1 Å². The van der Waals surface area contributed by atoms with Crippen molar-refractivity contribution in [2.24, 2.45) is 0 Å². The van der Waals surface area contributed by atoms with E-state index in [2.05, 4.69) is 41.8 Å². The van der Waals surface area contributed by atoms with E-state index in [-0.39, 0.29) is 11.9 Å². The van der Waals surface area contributed by atoms with Gasteiger partial charge in [-0.2, -0.15) is 0 Å². The van der Waals surface area contributed by atoms with Crippen LogP contribution in [0.2, 0.25) is 5.02 Å². The number of esters is 1. The number of nitrogens with zero attached hydrogens (tertiary/aromatic N) is 1. The predicted molar refractivity (Wildman–Crippen MR) is 122 cm³/mol. The largest absolute Gasteiger partial charge is 0.462 e. The zero-order chi connectivity index (χ0) is 20.5. The number of fused-ring (bicyclic) bond motifs is 3. The van der Waals surface area contributed by atoms with Crippen molar-refractivity contribution < 1.29 is 9.53 Å². The number of carbonyl (C=O) groups excluding carboxylic acids is 1. The number of hydrogen-bond donors (Lipinski definition) is 0. The van der Waals surface area contributed by atoms with Crippen molar-refractivity contribution in [3.8, 4) is 0 Å². The highest BCUT2D eigenvalue weighted by molar-refractivity contribution is 7.82. The smallest absolute Gasteiger partial charge is 0.345 e. The van der Waals surface area contributed by atoms with Gasteiger partial charge in [-0.1, -0.05) is 47.6 Å². The highest BCUT2D eigenvalue weighted by Crippen LogP contribution is 2.40. The predicted octanol–water partition coefficient (Wildman–Crippen LogP) is 6.00. The molecule has 1 unspecified atom stereocenters. The monoisotopic (exact) mass is 425 g/mol. The first-order valence-electron chi connectivity index (χ1n) is 10.1. The van der Waals surface area contributed by atoms with Crippen molar-refractivity contribution in [1.82, 2.24) is 4.57 Å². The van der Waals surface area contributed by atoms with Gasteiger partial charge in [0.05, 0.1) is 6.61 Å². The molecule has 3 nitrogen and oxygen atoms in total. The summed E-state index contributed by atoms with van der Waals surface area (Å²) in [5.74, 6) is -0.451. The molecule has 0 spiro atoms. The Labute approximate surface area is 181 Å². The van der Waals surface area contributed by atoms with Crippen LogP contribution >= 0.6 is 23.8 Å². The van der Waals surface area contributed by atoms with Crippen molar-refractivity contribution >= 4 is 45.6 Å². The first-order chi connectivity index (χ1) is 14.0. The number of benzene rings is 2. The molecule has 2 aromatic carbocycles. The second-order valence-corrected chi connectivity index (χ2v) is 8.50. The third kappa shape index (κ3) is 3.84. The molecule has 0 saturated heterocycles. The summed E-state index contributed by atoms with van der Waals surface area (Å²) in [4.78, 5) is 12.8. The molecular formula is C24H24ClNO2S. The highest BCUT2D eigenvalue weighted by Gasteiger charge is 2.33. The zero-order valence-corrected chi connectivity index (χ0v) is 18.3. The van der Waals surface area contributed by atoms with Crippen LogP contribution in [0.3, 0.4) is 0 Å². The molecule has 0 fully saturated rings. The Morgan fingerprint density at radius 3 is 2.72 bits per heavy atom. The molecule has 0 saturated carbocycles. The fourth-order valence-corrected chi connectivity index (χ4v) is 4.80. The molecule has 1 atom stereocenters. The van der Waals surface area contributed by atoms with Crippen LogP contribution in [0.4, 0.5) is 0 Å². The van der Waals surface area contributed by atoms with Gasteiger partial charge in [0, 0.05) is 34.1 Å². The molecule has 1 aliphatic carbocycles. The Hall–Kier alpha value is -2.17. The van der Waals surface area contributed by atoms with Crippen LogP contribution in [-0.4, -0.2) is 22.0 Å². The molecular weight excluding hydrogens is 402 g/mol. The minimum Gasteiger partial charge on any atom is -0.462 e. The lowest BCUT2D eigenvalue weighted by atomic mass is 9.84. The molecule has 150 valence electrons. The summed E-state index contributed by atoms with van der Waals surface area (Å²) < 4.78 is 7.57. The van der Waals surface area contributed by atoms with Gasteiger partial charge in [0.15, 0.2) is 0 Å². The van der Waals surface area contributed by atoms with Gasteiger partial charge in [0.25, 0.3) is 0 Å². The van der Waals surface area contributed by atoms with E-state index in [1.807, 2.05) is 19.1 Å². The van der Waals surface area contributed by atoms with E-state index in [0.29, 0.717) is 18.0 Å². The normalized spacial score (nSPS) is 15.9. The van der Waals surface area contributed by atoms with E-state index in [1.165, 1.54) is 33.3 Å². The first-order valence-corrected chi connectivity index (χ1v) is 10.8. The van der Waals surface area contributed by atoms with Crippen molar-refractivity contribution in [3.05, 3.63) is 69.9 Å². The molecule has 0 N–H and O–H groups in total. The molecule has 1 aromatic heterocycles. The number of thiocarbonyl (C=S) groups is 1. The van der Waals surface area contributed by atoms with Gasteiger partial charge >= 0.3 is 5.97 Å². The van der Waals surface area contributed by atoms with Gasteiger partial charge < -0.3 is 9.30 Å². The third-order valence-corrected chi connectivity index (χ3v) is 6.37. The Kier molecular flexibility index (Phi) is 5.75. The summed E-state index contributed by atoms with van der Waals surface area (Å²) in [5, 5.41) is 2.00. The topological polar surface area (TPSA) is 31.2 Å². The minimum atomic E-state index is -0.361. The van der Waals surface area contributed by atoms with Crippen molar-refractivity contribution in [3.63, 3.8) is 0 Å². The summed E-state index contributed by atoms with van der Waals surface area (Å²) in [5.41, 5.74) is 6.08. The Bertz CT molecular complexity index is 1080. The van der Waals surface area contributed by atoms with Crippen LogP contribution in [0.25, 0.3) is 10.9 Å². The number of aryl methyl sites for hydroxylation is 2. The molecule has 4 rings (SSSR count). The fourth-order valence-electron chi connectivity index (χ4n) is 4.38. The van der Waals surface area contributed by atoms with Crippen LogP contribution in [-0.2, 0) is 22.5 Å². The lowest BCUT2D eigenvalue weighted by Gasteiger charge is -2.26. The molecule has 29 heavy (non-hydrogen) atoms. The van der Waals surface area contributed by atoms with E-state index in [0.717, 1.165) is 24.3 Å². The Balaban J connectivity index is 1.87. The van der Waals surface area contributed by atoms with E-state index in [1.54, 1.807) is 0 Å². The molecule has 0 bridgehead atoms. The molecule has 0 aliphatic heterocycles. The molecule has 1 heterocycles. The summed E-state index contributed by atoms with van der Waals surface area (Å²) in [6, 6.07) is 14.5. The highest BCUT2D eigenvalue weighted by atomic mass is 35.5. The van der Waals surface area contributed by atoms with Gasteiger partial charge in [0.2, 0.25) is 0 Å². The number of hydrogen-bond acceptors (Lipinski definition) is 3. The van der Waals surface area contributed by atoms with Crippen LogP contribution < -0.4 is 0 Å². The van der Waals surface area contributed by atoms with Gasteiger partial charge in [-0.3, -0.25) is 0 Å². The van der Waals surface area contributed by atoms with Crippen LogP contribution in [0.5, 0.6) is 0 Å². The van der Waals surface area contributed by atoms with Gasteiger partial charge in [-0.25, -0.2) is 4.79 Å². The van der Waals surface area contributed by atoms with E-state index < -0.39 is 0 Å². The summed E-state index contributed by atoms with van der Waals surface area (Å²) in [6.45, 7) is 4.98. The number of rotatable bonds is 5. The summed E-state index contributed by atoms with van der Waals surface area (Å²) in [6.07, 6.45) is 2.90. The van der Waals surface area contributed by atoms with E-state index in [4.69, 9.17) is 28.6 Å². The van der Waals surface area contributed by atoms with Gasteiger partial charge in [-0.15, -0.1) is 0 Å². The van der Waals surface area contributed by atoms with E-state index >= 15 is 0 Å². The summed E-state index contributed by atoms with van der Waals surface area (Å²) in [7, 11) is 0. The second-order valence-electron chi connectivity index (χ2n) is 7.63. The van der Waals surface area contributed by atoms with Crippen LogP contribution in [0, 0.1) is 6.92 Å². The van der Waals surface area contributed by atoms with Crippen molar-refractivity contribution in [2.45, 2.75) is 45.6 Å². The van der Waals surface area contributed by atoms with Gasteiger partial charge in [-0.05, 0) is 68.5 Å². The van der Waals surface area contributed by atoms with E-state index in [9.17, 15) is 4.79 Å². The third-order valence-electron chi connectivity index (χ3n) is 5.66. The first kappa shape index (κ1) is 20.1. The average molecular weight is 426 g/mol. The lowest BCUT2D eigenvalue weighted by molar-refractivity contribution is -0.135.